The Hall–Kier alpha value is -1.22. The van der Waals surface area contributed by atoms with Crippen LogP contribution in [-0.4, -0.2) is 5.11 Å². The molecule has 2 nitrogen and oxygen atoms in total. The van der Waals surface area contributed by atoms with Crippen molar-refractivity contribution >= 4 is 23.2 Å². The Balaban J connectivity index is 1.99. The first kappa shape index (κ1) is 13.7. The third-order valence-corrected chi connectivity index (χ3v) is 4.12. The highest BCUT2D eigenvalue weighted by atomic mass is 35.5. The van der Waals surface area contributed by atoms with Gasteiger partial charge in [0.05, 0.1) is 6.10 Å². The second-order valence-electron chi connectivity index (χ2n) is 5.07. The molecule has 0 aromatic heterocycles. The van der Waals surface area contributed by atoms with Crippen LogP contribution < -0.4 is 4.74 Å². The van der Waals surface area contributed by atoms with Gasteiger partial charge in [-0.1, -0.05) is 34.8 Å². The van der Waals surface area contributed by atoms with Gasteiger partial charge in [0.1, 0.15) is 11.9 Å². The van der Waals surface area contributed by atoms with E-state index in [-0.39, 0.29) is 6.10 Å². The summed E-state index contributed by atoms with van der Waals surface area (Å²) in [6, 6.07) is 11.1. The fourth-order valence-electron chi connectivity index (χ4n) is 2.52. The molecule has 0 aliphatic carbocycles. The van der Waals surface area contributed by atoms with Gasteiger partial charge in [-0.3, -0.25) is 0 Å². The summed E-state index contributed by atoms with van der Waals surface area (Å²) < 4.78 is 5.98. The highest BCUT2D eigenvalue weighted by molar-refractivity contribution is 6.33. The van der Waals surface area contributed by atoms with E-state index in [9.17, 15) is 5.11 Å². The number of ether oxygens (including phenoxy) is 1. The molecule has 1 aliphatic heterocycles. The number of fused-ring (bicyclic) bond motifs is 1. The number of aliphatic hydroxyl groups is 1. The van der Waals surface area contributed by atoms with Crippen LogP contribution in [0.2, 0.25) is 10.0 Å². The van der Waals surface area contributed by atoms with E-state index in [0.717, 1.165) is 16.7 Å². The highest BCUT2D eigenvalue weighted by Gasteiger charge is 2.29. The zero-order valence-electron chi connectivity index (χ0n) is 10.9. The molecule has 1 heterocycles. The monoisotopic (exact) mass is 308 g/mol. The van der Waals surface area contributed by atoms with Crippen molar-refractivity contribution in [3.8, 4) is 5.75 Å². The van der Waals surface area contributed by atoms with E-state index in [4.69, 9.17) is 27.9 Å². The maximum absolute atomic E-state index is 10.3. The van der Waals surface area contributed by atoms with Crippen LogP contribution in [0.5, 0.6) is 5.75 Å². The summed E-state index contributed by atoms with van der Waals surface area (Å²) in [6.07, 6.45) is -0.374. The number of hydrogen-bond acceptors (Lipinski definition) is 2. The van der Waals surface area contributed by atoms with E-state index in [2.05, 4.69) is 0 Å². The lowest BCUT2D eigenvalue weighted by atomic mass is 9.94. The molecule has 2 aromatic rings. The van der Waals surface area contributed by atoms with Gasteiger partial charge in [0.25, 0.3) is 0 Å². The second-order valence-corrected chi connectivity index (χ2v) is 5.91. The molecule has 4 heteroatoms. The maximum atomic E-state index is 10.3. The minimum absolute atomic E-state index is 0.286. The van der Waals surface area contributed by atoms with Crippen molar-refractivity contribution in [3.63, 3.8) is 0 Å². The Morgan fingerprint density at radius 2 is 1.90 bits per heavy atom. The van der Waals surface area contributed by atoms with Crippen LogP contribution in [0.3, 0.4) is 0 Å². The fraction of sp³-hybridized carbons (Fsp3) is 0.250. The van der Waals surface area contributed by atoms with Gasteiger partial charge >= 0.3 is 0 Å². The van der Waals surface area contributed by atoms with Crippen molar-refractivity contribution in [2.75, 3.05) is 0 Å². The van der Waals surface area contributed by atoms with Gasteiger partial charge in [-0.05, 0) is 37.3 Å². The molecule has 1 aliphatic rings. The van der Waals surface area contributed by atoms with Gasteiger partial charge in [-0.2, -0.15) is 0 Å². The Morgan fingerprint density at radius 3 is 2.70 bits per heavy atom. The summed E-state index contributed by atoms with van der Waals surface area (Å²) in [7, 11) is 0. The van der Waals surface area contributed by atoms with Crippen LogP contribution in [-0.2, 0) is 0 Å². The van der Waals surface area contributed by atoms with Crippen LogP contribution in [0.25, 0.3) is 0 Å². The molecule has 3 rings (SSSR count). The minimum atomic E-state index is -0.557. The molecule has 0 bridgehead atoms. The first-order valence-corrected chi connectivity index (χ1v) is 7.20. The summed E-state index contributed by atoms with van der Waals surface area (Å²) >= 11 is 12.2. The highest BCUT2D eigenvalue weighted by Crippen LogP contribution is 2.43. The lowest BCUT2D eigenvalue weighted by Gasteiger charge is -2.30. The van der Waals surface area contributed by atoms with Gasteiger partial charge in [-0.25, -0.2) is 0 Å². The molecular formula is C16H14Cl2O2. The van der Waals surface area contributed by atoms with Gasteiger partial charge in [-0.15, -0.1) is 0 Å². The molecule has 2 aromatic carbocycles. The van der Waals surface area contributed by atoms with E-state index in [1.54, 1.807) is 18.2 Å². The zero-order valence-corrected chi connectivity index (χ0v) is 12.4. The van der Waals surface area contributed by atoms with Gasteiger partial charge in [0.2, 0.25) is 0 Å². The quantitative estimate of drug-likeness (QED) is 0.815. The smallest absolute Gasteiger partial charge is 0.128 e. The Bertz CT molecular complexity index is 655. The topological polar surface area (TPSA) is 29.5 Å². The normalized spacial score (nSPS) is 21.2. The molecule has 0 amide bonds. The van der Waals surface area contributed by atoms with Crippen molar-refractivity contribution in [2.45, 2.75) is 25.6 Å². The van der Waals surface area contributed by atoms with Crippen LogP contribution >= 0.6 is 23.2 Å². The molecular weight excluding hydrogens is 295 g/mol. The zero-order chi connectivity index (χ0) is 14.3. The summed E-state index contributed by atoms with van der Waals surface area (Å²) in [6.45, 7) is 1.99. The summed E-state index contributed by atoms with van der Waals surface area (Å²) in [5, 5.41) is 11.5. The largest absolute Gasteiger partial charge is 0.485 e. The number of halogens is 2. The fourth-order valence-corrected chi connectivity index (χ4v) is 2.94. The molecule has 0 fully saturated rings. The number of aliphatic hydroxyl groups excluding tert-OH is 1. The number of benzene rings is 2. The molecule has 0 saturated carbocycles. The minimum Gasteiger partial charge on any atom is -0.485 e. The molecule has 0 radical (unpaired) electrons. The summed E-state index contributed by atoms with van der Waals surface area (Å²) in [5.41, 5.74) is 2.74. The van der Waals surface area contributed by atoms with E-state index >= 15 is 0 Å². The predicted octanol–water partition coefficient (Wildman–Crippen LogP) is 4.86. The van der Waals surface area contributed by atoms with E-state index in [0.29, 0.717) is 22.2 Å². The number of rotatable bonds is 1. The average molecular weight is 309 g/mol. The Labute approximate surface area is 127 Å². The van der Waals surface area contributed by atoms with Gasteiger partial charge in [0, 0.05) is 27.6 Å². The van der Waals surface area contributed by atoms with Crippen molar-refractivity contribution in [1.29, 1.82) is 0 Å². The van der Waals surface area contributed by atoms with Gasteiger partial charge in [0.15, 0.2) is 0 Å². The standard InChI is InChI=1S/C16H14Cl2O2/c1-9-2-5-15-12(6-9)14(19)8-16(20-15)11-7-10(17)3-4-13(11)18/h2-7,14,16,19H,8H2,1H3/t14-,16?/m1/s1. The first-order valence-electron chi connectivity index (χ1n) is 6.45. The lowest BCUT2D eigenvalue weighted by molar-refractivity contribution is 0.0657. The molecule has 20 heavy (non-hydrogen) atoms. The van der Waals surface area contributed by atoms with Crippen LogP contribution in [0.4, 0.5) is 0 Å². The maximum Gasteiger partial charge on any atom is 0.128 e. The molecule has 104 valence electrons. The van der Waals surface area contributed by atoms with Crippen molar-refractivity contribution in [1.82, 2.24) is 0 Å². The third-order valence-electron chi connectivity index (χ3n) is 3.54. The predicted molar refractivity (Wildman–Crippen MR) is 80.6 cm³/mol. The van der Waals surface area contributed by atoms with E-state index < -0.39 is 6.10 Å². The SMILES string of the molecule is Cc1ccc2c(c1)[C@H](O)CC(c1cc(Cl)ccc1Cl)O2. The van der Waals surface area contributed by atoms with E-state index in [1.165, 1.54) is 0 Å². The second kappa shape index (κ2) is 5.28. The van der Waals surface area contributed by atoms with Crippen molar-refractivity contribution in [2.24, 2.45) is 0 Å². The van der Waals surface area contributed by atoms with Crippen LogP contribution in [0.1, 0.15) is 35.3 Å². The molecule has 2 atom stereocenters. The Morgan fingerprint density at radius 1 is 1.10 bits per heavy atom. The number of hydrogen-bond donors (Lipinski definition) is 1. The summed E-state index contributed by atoms with van der Waals surface area (Å²) in [5.74, 6) is 0.704. The molecule has 1 N–H and O–H groups in total. The first-order chi connectivity index (χ1) is 9.54. The lowest BCUT2D eigenvalue weighted by Crippen LogP contribution is -2.19. The molecule has 1 unspecified atom stereocenters. The van der Waals surface area contributed by atoms with Gasteiger partial charge < -0.3 is 9.84 Å². The van der Waals surface area contributed by atoms with Crippen molar-refractivity contribution in [3.05, 3.63) is 63.1 Å². The van der Waals surface area contributed by atoms with Crippen LogP contribution in [0.15, 0.2) is 36.4 Å². The third kappa shape index (κ3) is 2.51. The number of aryl methyl sites for hydroxylation is 1. The molecule has 0 saturated heterocycles. The molecule has 0 spiro atoms. The summed E-state index contributed by atoms with van der Waals surface area (Å²) in [4.78, 5) is 0. The van der Waals surface area contributed by atoms with E-state index in [1.807, 2.05) is 25.1 Å². The van der Waals surface area contributed by atoms with Crippen LogP contribution in [0, 0.1) is 6.92 Å². The average Bonchev–Trinajstić information content (AvgIpc) is 2.42. The van der Waals surface area contributed by atoms with Crippen molar-refractivity contribution < 1.29 is 9.84 Å². The Kier molecular flexibility index (Phi) is 3.63.